The monoisotopic (exact) mass is 471 g/mol. The summed E-state index contributed by atoms with van der Waals surface area (Å²) in [6, 6.07) is 23.7. The summed E-state index contributed by atoms with van der Waals surface area (Å²) in [4.78, 5) is 2.15. The van der Waals surface area contributed by atoms with Gasteiger partial charge in [-0.05, 0) is 84.1 Å². The number of hydrogen-bond acceptors (Lipinski definition) is 1. The molecule has 1 aliphatic carbocycles. The molecule has 0 amide bonds. The molecule has 0 saturated carbocycles. The third kappa shape index (κ3) is 4.97. The lowest BCUT2D eigenvalue weighted by atomic mass is 9.85. The number of benzene rings is 3. The van der Waals surface area contributed by atoms with E-state index in [1.54, 1.807) is 0 Å². The Hall–Kier alpha value is -2.78. The van der Waals surface area contributed by atoms with Crippen LogP contribution in [0.3, 0.4) is 0 Å². The highest BCUT2D eigenvalue weighted by Crippen LogP contribution is 2.41. The number of rotatable bonds is 7. The van der Waals surface area contributed by atoms with Crippen molar-refractivity contribution >= 4 is 11.1 Å². The Bertz CT molecular complexity index is 1200. The molecule has 0 spiro atoms. The van der Waals surface area contributed by atoms with Gasteiger partial charge in [0.05, 0.1) is 6.67 Å². The molecule has 1 nitrogen and oxygen atoms in total. The van der Waals surface area contributed by atoms with Gasteiger partial charge >= 0.3 is 0 Å². The summed E-state index contributed by atoms with van der Waals surface area (Å²) >= 11 is 0. The van der Waals surface area contributed by atoms with Crippen LogP contribution in [-0.2, 0) is 6.42 Å². The van der Waals surface area contributed by atoms with E-state index in [-0.39, 0.29) is 12.6 Å². The average Bonchev–Trinajstić information content (AvgIpc) is 3.03. The molecule has 5 rings (SSSR count). The maximum Gasteiger partial charge on any atom is 0.130 e. The summed E-state index contributed by atoms with van der Waals surface area (Å²) in [7, 11) is 0. The van der Waals surface area contributed by atoms with Crippen LogP contribution < -0.4 is 0 Å². The van der Waals surface area contributed by atoms with Crippen molar-refractivity contribution in [3.8, 4) is 0 Å². The van der Waals surface area contributed by atoms with Crippen LogP contribution in [0.2, 0.25) is 0 Å². The number of alkyl halides is 2. The van der Waals surface area contributed by atoms with Crippen LogP contribution >= 0.6 is 0 Å². The first-order valence-corrected chi connectivity index (χ1v) is 13.0. The van der Waals surface area contributed by atoms with Crippen molar-refractivity contribution in [1.29, 1.82) is 0 Å². The first kappa shape index (κ1) is 23.9. The fourth-order valence-corrected chi connectivity index (χ4v) is 5.84. The second-order valence-corrected chi connectivity index (χ2v) is 10.3. The molecule has 1 fully saturated rings. The molecule has 0 aromatic heterocycles. The molecule has 1 saturated heterocycles. The van der Waals surface area contributed by atoms with Crippen molar-refractivity contribution in [3.63, 3.8) is 0 Å². The van der Waals surface area contributed by atoms with E-state index >= 15 is 4.39 Å². The highest BCUT2D eigenvalue weighted by atomic mass is 19.1. The van der Waals surface area contributed by atoms with Gasteiger partial charge in [0, 0.05) is 25.6 Å². The Kier molecular flexibility index (Phi) is 7.15. The molecule has 3 heteroatoms. The number of hydrogen-bond donors (Lipinski definition) is 0. The molecule has 3 aromatic rings. The maximum absolute atomic E-state index is 15.3. The molecule has 1 unspecified atom stereocenters. The van der Waals surface area contributed by atoms with Crippen LogP contribution in [0.15, 0.2) is 66.7 Å². The first-order valence-electron chi connectivity index (χ1n) is 13.0. The minimum absolute atomic E-state index is 0.00375. The van der Waals surface area contributed by atoms with Gasteiger partial charge in [-0.1, -0.05) is 72.3 Å². The van der Waals surface area contributed by atoms with Gasteiger partial charge in [0.1, 0.15) is 6.17 Å². The average molecular weight is 472 g/mol. The fraction of sp³-hybridized carbons (Fsp3) is 0.375. The number of aryl methyl sites for hydroxylation is 3. The second kappa shape index (κ2) is 10.5. The zero-order chi connectivity index (χ0) is 24.4. The van der Waals surface area contributed by atoms with E-state index in [1.807, 2.05) is 12.1 Å². The van der Waals surface area contributed by atoms with Crippen LogP contribution in [0.4, 0.5) is 8.78 Å². The van der Waals surface area contributed by atoms with Gasteiger partial charge < -0.3 is 4.90 Å². The van der Waals surface area contributed by atoms with Crippen molar-refractivity contribution in [2.24, 2.45) is 5.92 Å². The standard InChI is InChI=1S/C32H35F2N/c1-22-11-16-28(23(2)19-22)30-10-5-8-24-7-3-4-9-29(24)31(30)25-12-14-26(15-13-25)32(34)27-20-35(21-27)18-6-17-33/h3-4,7,9,11-16,19,27,32H,5-6,8,10,17-18,20-21H2,1-2H3. The minimum atomic E-state index is -0.972. The number of allylic oxidation sites excluding steroid dienone is 1. The molecule has 3 aromatic carbocycles. The first-order chi connectivity index (χ1) is 17.0. The summed E-state index contributed by atoms with van der Waals surface area (Å²) in [6.45, 7) is 6.22. The van der Waals surface area contributed by atoms with Crippen LogP contribution in [0, 0.1) is 19.8 Å². The third-order valence-corrected chi connectivity index (χ3v) is 7.69. The van der Waals surface area contributed by atoms with Crippen molar-refractivity contribution in [2.45, 2.75) is 45.7 Å². The maximum atomic E-state index is 15.3. The number of likely N-dealkylation sites (tertiary alicyclic amines) is 1. The Morgan fingerprint density at radius 3 is 2.43 bits per heavy atom. The Morgan fingerprint density at radius 2 is 1.69 bits per heavy atom. The van der Waals surface area contributed by atoms with Gasteiger partial charge in [-0.3, -0.25) is 4.39 Å². The van der Waals surface area contributed by atoms with Gasteiger partial charge in [-0.2, -0.15) is 0 Å². The van der Waals surface area contributed by atoms with Gasteiger partial charge in [0.2, 0.25) is 0 Å². The van der Waals surface area contributed by atoms with E-state index in [4.69, 9.17) is 0 Å². The molecular formula is C32H35F2N. The summed E-state index contributed by atoms with van der Waals surface area (Å²) in [5.41, 5.74) is 11.2. The molecule has 0 N–H and O–H groups in total. The van der Waals surface area contributed by atoms with Crippen molar-refractivity contribution < 1.29 is 8.78 Å². The molecule has 2 aliphatic rings. The zero-order valence-electron chi connectivity index (χ0n) is 20.9. The predicted molar refractivity (Wildman–Crippen MR) is 142 cm³/mol. The number of nitrogens with zero attached hydrogens (tertiary/aromatic N) is 1. The SMILES string of the molecule is Cc1ccc(C2=C(c3ccc(C(F)C4CN(CCCF)C4)cc3)c3ccccc3CCC2)c(C)c1. The third-order valence-electron chi connectivity index (χ3n) is 7.69. The number of halogens is 2. The molecule has 35 heavy (non-hydrogen) atoms. The van der Waals surface area contributed by atoms with Gasteiger partial charge in [0.15, 0.2) is 0 Å². The van der Waals surface area contributed by atoms with Crippen molar-refractivity contribution in [1.82, 2.24) is 4.90 Å². The molecule has 1 atom stereocenters. The van der Waals surface area contributed by atoms with E-state index in [9.17, 15) is 4.39 Å². The summed E-state index contributed by atoms with van der Waals surface area (Å²) in [5.74, 6) is 0.00375. The summed E-state index contributed by atoms with van der Waals surface area (Å²) in [5, 5.41) is 0. The minimum Gasteiger partial charge on any atom is -0.302 e. The van der Waals surface area contributed by atoms with E-state index in [0.717, 1.165) is 50.0 Å². The molecule has 0 bridgehead atoms. The second-order valence-electron chi connectivity index (χ2n) is 10.3. The Labute approximate surface area is 208 Å². The van der Waals surface area contributed by atoms with E-state index in [0.29, 0.717) is 6.42 Å². The van der Waals surface area contributed by atoms with Gasteiger partial charge in [-0.25, -0.2) is 4.39 Å². The Morgan fingerprint density at radius 1 is 0.914 bits per heavy atom. The van der Waals surface area contributed by atoms with E-state index < -0.39 is 6.17 Å². The normalized spacial score (nSPS) is 17.6. The van der Waals surface area contributed by atoms with Gasteiger partial charge in [-0.15, -0.1) is 0 Å². The van der Waals surface area contributed by atoms with Crippen LogP contribution in [0.1, 0.15) is 64.4 Å². The lowest BCUT2D eigenvalue weighted by Crippen LogP contribution is -2.48. The largest absolute Gasteiger partial charge is 0.302 e. The fourth-order valence-electron chi connectivity index (χ4n) is 5.84. The van der Waals surface area contributed by atoms with Gasteiger partial charge in [0.25, 0.3) is 0 Å². The van der Waals surface area contributed by atoms with E-state index in [2.05, 4.69) is 73.3 Å². The van der Waals surface area contributed by atoms with Crippen molar-refractivity contribution in [3.05, 3.63) is 106 Å². The van der Waals surface area contributed by atoms with Crippen molar-refractivity contribution in [2.75, 3.05) is 26.3 Å². The molecule has 182 valence electrons. The lowest BCUT2D eigenvalue weighted by Gasteiger charge is -2.41. The lowest BCUT2D eigenvalue weighted by molar-refractivity contribution is 0.0364. The molecular weight excluding hydrogens is 436 g/mol. The highest BCUT2D eigenvalue weighted by molar-refractivity contribution is 6.00. The summed E-state index contributed by atoms with van der Waals surface area (Å²) < 4.78 is 27.7. The molecule has 1 aliphatic heterocycles. The zero-order valence-corrected chi connectivity index (χ0v) is 20.9. The molecule has 0 radical (unpaired) electrons. The smallest absolute Gasteiger partial charge is 0.130 e. The highest BCUT2D eigenvalue weighted by Gasteiger charge is 2.34. The Balaban J connectivity index is 1.49. The van der Waals surface area contributed by atoms with Crippen LogP contribution in [-0.4, -0.2) is 31.2 Å². The van der Waals surface area contributed by atoms with Crippen LogP contribution in [0.25, 0.3) is 11.1 Å². The van der Waals surface area contributed by atoms with Crippen LogP contribution in [0.5, 0.6) is 0 Å². The predicted octanol–water partition coefficient (Wildman–Crippen LogP) is 7.90. The number of fused-ring (bicyclic) bond motifs is 1. The quantitative estimate of drug-likeness (QED) is 0.338. The molecule has 1 heterocycles. The summed E-state index contributed by atoms with van der Waals surface area (Å²) in [6.07, 6.45) is 2.78. The topological polar surface area (TPSA) is 3.24 Å². The van der Waals surface area contributed by atoms with E-state index in [1.165, 1.54) is 39.0 Å².